The molecule has 2 nitrogen and oxygen atoms in total. The molecule has 0 N–H and O–H groups in total. The highest BCUT2D eigenvalue weighted by Gasteiger charge is 2.17. The summed E-state index contributed by atoms with van der Waals surface area (Å²) in [5.41, 5.74) is 3.22. The van der Waals surface area contributed by atoms with E-state index in [4.69, 9.17) is 11.6 Å². The fourth-order valence-corrected chi connectivity index (χ4v) is 2.88. The maximum absolute atomic E-state index is 12.1. The molecule has 4 heteroatoms. The second-order valence-corrected chi connectivity index (χ2v) is 5.78. The number of aryl methyl sites for hydroxylation is 2. The van der Waals surface area contributed by atoms with Crippen molar-refractivity contribution in [2.45, 2.75) is 20.4 Å². The smallest absolute Gasteiger partial charge is 0.242 e. The molecule has 19 heavy (non-hydrogen) atoms. The van der Waals surface area contributed by atoms with E-state index in [0.29, 0.717) is 6.54 Å². The summed E-state index contributed by atoms with van der Waals surface area (Å²) in [6.07, 6.45) is 0. The predicted molar refractivity (Wildman–Crippen MR) is 82.1 cm³/mol. The van der Waals surface area contributed by atoms with Crippen LogP contribution in [-0.4, -0.2) is 11.8 Å². The number of carbonyl (C=O) groups excluding carboxylic acids is 1. The average Bonchev–Trinajstić information content (AvgIpc) is 2.89. The molecule has 0 unspecified atom stereocenters. The first-order valence-electron chi connectivity index (χ1n) is 6.08. The number of rotatable bonds is 4. The van der Waals surface area contributed by atoms with E-state index in [9.17, 15) is 4.79 Å². The van der Waals surface area contributed by atoms with Crippen LogP contribution in [0, 0.1) is 13.8 Å². The number of hydrogen-bond donors (Lipinski definition) is 0. The van der Waals surface area contributed by atoms with E-state index in [0.717, 1.165) is 16.1 Å². The molecule has 1 heterocycles. The number of hydrogen-bond acceptors (Lipinski definition) is 2. The number of carbonyl (C=O) groups is 1. The lowest BCUT2D eigenvalue weighted by Crippen LogP contribution is -2.31. The number of nitrogens with zero attached hydrogens (tertiary/aromatic N) is 1. The van der Waals surface area contributed by atoms with Gasteiger partial charge in [0.15, 0.2) is 0 Å². The zero-order chi connectivity index (χ0) is 13.8. The number of halogens is 1. The van der Waals surface area contributed by atoms with Crippen LogP contribution in [0.2, 0.25) is 0 Å². The summed E-state index contributed by atoms with van der Waals surface area (Å²) in [7, 11) is 0. The fourth-order valence-electron chi connectivity index (χ4n) is 2.05. The molecule has 1 aromatic carbocycles. The van der Waals surface area contributed by atoms with Gasteiger partial charge in [-0.05, 0) is 36.9 Å². The van der Waals surface area contributed by atoms with Gasteiger partial charge in [-0.1, -0.05) is 23.8 Å². The Hall–Kier alpha value is -1.32. The SMILES string of the molecule is Cc1ccc(N(Cc2cccs2)C(=O)CCl)c(C)c1. The summed E-state index contributed by atoms with van der Waals surface area (Å²) in [5.74, 6) is -0.0689. The predicted octanol–water partition coefficient (Wildman–Crippen LogP) is 4.14. The van der Waals surface area contributed by atoms with Crippen molar-refractivity contribution in [1.82, 2.24) is 0 Å². The Balaban J connectivity index is 2.34. The van der Waals surface area contributed by atoms with Gasteiger partial charge >= 0.3 is 0 Å². The molecule has 0 bridgehead atoms. The number of amides is 1. The van der Waals surface area contributed by atoms with Crippen LogP contribution in [0.4, 0.5) is 5.69 Å². The molecule has 0 saturated carbocycles. The lowest BCUT2D eigenvalue weighted by atomic mass is 10.1. The van der Waals surface area contributed by atoms with Crippen molar-refractivity contribution >= 4 is 34.5 Å². The van der Waals surface area contributed by atoms with Gasteiger partial charge in [-0.2, -0.15) is 0 Å². The number of anilines is 1. The van der Waals surface area contributed by atoms with Crippen molar-refractivity contribution in [1.29, 1.82) is 0 Å². The Morgan fingerprint density at radius 2 is 2.11 bits per heavy atom. The summed E-state index contributed by atoms with van der Waals surface area (Å²) in [5, 5.41) is 2.01. The van der Waals surface area contributed by atoms with Crippen LogP contribution in [0.5, 0.6) is 0 Å². The van der Waals surface area contributed by atoms with Gasteiger partial charge in [-0.3, -0.25) is 4.79 Å². The number of benzene rings is 1. The zero-order valence-electron chi connectivity index (χ0n) is 11.0. The molecule has 0 radical (unpaired) electrons. The Morgan fingerprint density at radius 3 is 2.68 bits per heavy atom. The van der Waals surface area contributed by atoms with Crippen LogP contribution in [-0.2, 0) is 11.3 Å². The molecule has 0 saturated heterocycles. The van der Waals surface area contributed by atoms with E-state index in [1.54, 1.807) is 16.2 Å². The van der Waals surface area contributed by atoms with Crippen LogP contribution in [0.3, 0.4) is 0 Å². The molecular formula is C15H16ClNOS. The lowest BCUT2D eigenvalue weighted by Gasteiger charge is -2.23. The van der Waals surface area contributed by atoms with Gasteiger partial charge in [0, 0.05) is 10.6 Å². The highest BCUT2D eigenvalue weighted by molar-refractivity contribution is 7.09. The maximum Gasteiger partial charge on any atom is 0.242 e. The third-order valence-electron chi connectivity index (χ3n) is 2.95. The maximum atomic E-state index is 12.1. The summed E-state index contributed by atoms with van der Waals surface area (Å²) in [4.78, 5) is 15.0. The molecule has 1 amide bonds. The number of thiophene rings is 1. The Bertz CT molecular complexity index is 566. The molecule has 100 valence electrons. The third kappa shape index (κ3) is 3.37. The Labute approximate surface area is 122 Å². The average molecular weight is 294 g/mol. The minimum Gasteiger partial charge on any atom is -0.306 e. The van der Waals surface area contributed by atoms with Crippen LogP contribution in [0.1, 0.15) is 16.0 Å². The van der Waals surface area contributed by atoms with Gasteiger partial charge in [0.1, 0.15) is 5.88 Å². The van der Waals surface area contributed by atoms with Crippen molar-refractivity contribution in [3.05, 3.63) is 51.7 Å². The van der Waals surface area contributed by atoms with E-state index in [2.05, 4.69) is 6.07 Å². The molecule has 0 aliphatic heterocycles. The molecule has 0 aliphatic rings. The first-order valence-corrected chi connectivity index (χ1v) is 7.49. The second kappa shape index (κ2) is 6.22. The van der Waals surface area contributed by atoms with Gasteiger partial charge < -0.3 is 4.90 Å². The van der Waals surface area contributed by atoms with E-state index in [-0.39, 0.29) is 11.8 Å². The Kier molecular flexibility index (Phi) is 4.61. The molecule has 2 rings (SSSR count). The standard InChI is InChI=1S/C15H16ClNOS/c1-11-5-6-14(12(2)8-11)17(15(18)9-16)10-13-4-3-7-19-13/h3-8H,9-10H2,1-2H3. The molecule has 0 fully saturated rings. The third-order valence-corrected chi connectivity index (χ3v) is 4.04. The van der Waals surface area contributed by atoms with Crippen LogP contribution in [0.15, 0.2) is 35.7 Å². The second-order valence-electron chi connectivity index (χ2n) is 4.48. The largest absolute Gasteiger partial charge is 0.306 e. The van der Waals surface area contributed by atoms with E-state index < -0.39 is 0 Å². The summed E-state index contributed by atoms with van der Waals surface area (Å²) in [6.45, 7) is 4.64. The van der Waals surface area contributed by atoms with Gasteiger partial charge in [-0.15, -0.1) is 22.9 Å². The van der Waals surface area contributed by atoms with Crippen LogP contribution < -0.4 is 4.90 Å². The first kappa shape index (κ1) is 14.1. The van der Waals surface area contributed by atoms with Crippen LogP contribution >= 0.6 is 22.9 Å². The molecule has 1 aromatic heterocycles. The summed E-state index contributed by atoms with van der Waals surface area (Å²) >= 11 is 7.38. The molecule has 2 aromatic rings. The number of alkyl halides is 1. The van der Waals surface area contributed by atoms with E-state index >= 15 is 0 Å². The topological polar surface area (TPSA) is 20.3 Å². The van der Waals surface area contributed by atoms with E-state index in [1.807, 2.05) is 43.5 Å². The van der Waals surface area contributed by atoms with Crippen molar-refractivity contribution in [2.24, 2.45) is 0 Å². The quantitative estimate of drug-likeness (QED) is 0.776. The minimum absolute atomic E-state index is 0.00130. The van der Waals surface area contributed by atoms with Gasteiger partial charge in [0.25, 0.3) is 0 Å². The summed E-state index contributed by atoms with van der Waals surface area (Å²) < 4.78 is 0. The first-order chi connectivity index (χ1) is 9.11. The van der Waals surface area contributed by atoms with Crippen molar-refractivity contribution < 1.29 is 4.79 Å². The van der Waals surface area contributed by atoms with Crippen LogP contribution in [0.25, 0.3) is 0 Å². The van der Waals surface area contributed by atoms with Gasteiger partial charge in [0.05, 0.1) is 6.54 Å². The summed E-state index contributed by atoms with van der Waals surface area (Å²) in [6, 6.07) is 10.1. The molecule has 0 atom stereocenters. The fraction of sp³-hybridized carbons (Fsp3) is 0.267. The van der Waals surface area contributed by atoms with Crippen molar-refractivity contribution in [3.63, 3.8) is 0 Å². The highest BCUT2D eigenvalue weighted by atomic mass is 35.5. The monoisotopic (exact) mass is 293 g/mol. The Morgan fingerprint density at radius 1 is 1.32 bits per heavy atom. The zero-order valence-corrected chi connectivity index (χ0v) is 12.6. The minimum atomic E-state index is -0.0676. The molecular weight excluding hydrogens is 278 g/mol. The normalized spacial score (nSPS) is 10.5. The van der Waals surface area contributed by atoms with Gasteiger partial charge in [-0.25, -0.2) is 0 Å². The molecule has 0 spiro atoms. The van der Waals surface area contributed by atoms with Gasteiger partial charge in [0.2, 0.25) is 5.91 Å². The highest BCUT2D eigenvalue weighted by Crippen LogP contribution is 2.24. The molecule has 0 aliphatic carbocycles. The lowest BCUT2D eigenvalue weighted by molar-refractivity contribution is -0.116. The van der Waals surface area contributed by atoms with E-state index in [1.165, 1.54) is 5.56 Å². The van der Waals surface area contributed by atoms with Crippen molar-refractivity contribution in [2.75, 3.05) is 10.8 Å². The van der Waals surface area contributed by atoms with Crippen molar-refractivity contribution in [3.8, 4) is 0 Å².